The van der Waals surface area contributed by atoms with Crippen LogP contribution < -0.4 is 10.1 Å². The SMILES string of the molecule is O=c1/c(=C/c2cccc(I)c2)sc2nc3ccccc3n12. The Labute approximate surface area is 137 Å². The number of thiazole rings is 1. The molecule has 0 fully saturated rings. The Morgan fingerprint density at radius 2 is 2.00 bits per heavy atom. The number of nitrogens with zero attached hydrogens (tertiary/aromatic N) is 2. The molecular weight excluding hydrogens is 395 g/mol. The Bertz CT molecular complexity index is 1080. The van der Waals surface area contributed by atoms with Crippen molar-refractivity contribution in [2.75, 3.05) is 0 Å². The normalized spacial score (nSPS) is 12.5. The molecule has 0 aliphatic heterocycles. The largest absolute Gasteiger partial charge is 0.274 e. The molecule has 0 N–H and O–H groups in total. The molecule has 2 aromatic heterocycles. The summed E-state index contributed by atoms with van der Waals surface area (Å²) in [6.07, 6.45) is 1.93. The molecule has 0 spiro atoms. The van der Waals surface area contributed by atoms with Gasteiger partial charge < -0.3 is 0 Å². The fourth-order valence-electron chi connectivity index (χ4n) is 2.36. The molecule has 0 saturated carbocycles. The lowest BCUT2D eigenvalue weighted by Gasteiger charge is -1.92. The Hall–Kier alpha value is -1.73. The zero-order chi connectivity index (χ0) is 14.4. The second-order valence-corrected chi connectivity index (χ2v) is 6.94. The van der Waals surface area contributed by atoms with Crippen molar-refractivity contribution in [2.24, 2.45) is 0 Å². The van der Waals surface area contributed by atoms with Crippen LogP contribution in [0.2, 0.25) is 0 Å². The third-order valence-corrected chi connectivity index (χ3v) is 4.93. The number of benzene rings is 2. The second-order valence-electron chi connectivity index (χ2n) is 4.69. The number of fused-ring (bicyclic) bond motifs is 3. The van der Waals surface area contributed by atoms with Gasteiger partial charge >= 0.3 is 0 Å². The lowest BCUT2D eigenvalue weighted by Crippen LogP contribution is -2.22. The van der Waals surface area contributed by atoms with Gasteiger partial charge in [-0.15, -0.1) is 0 Å². The number of imidazole rings is 1. The molecule has 0 amide bonds. The molecule has 0 aliphatic rings. The summed E-state index contributed by atoms with van der Waals surface area (Å²) in [4.78, 5) is 17.9. The van der Waals surface area contributed by atoms with Crippen molar-refractivity contribution in [3.63, 3.8) is 0 Å². The molecule has 0 atom stereocenters. The first-order chi connectivity index (χ1) is 10.2. The summed E-state index contributed by atoms with van der Waals surface area (Å²) in [6.45, 7) is 0. The molecule has 21 heavy (non-hydrogen) atoms. The summed E-state index contributed by atoms with van der Waals surface area (Å²) in [5, 5.41) is 0. The zero-order valence-corrected chi connectivity index (χ0v) is 13.8. The van der Waals surface area contributed by atoms with E-state index >= 15 is 0 Å². The van der Waals surface area contributed by atoms with E-state index < -0.39 is 0 Å². The number of halogens is 1. The van der Waals surface area contributed by atoms with Crippen molar-refractivity contribution >= 4 is 56.0 Å². The highest BCUT2D eigenvalue weighted by Gasteiger charge is 2.10. The van der Waals surface area contributed by atoms with Crippen LogP contribution in [-0.4, -0.2) is 9.38 Å². The molecule has 2 heterocycles. The number of aromatic nitrogens is 2. The van der Waals surface area contributed by atoms with Crippen LogP contribution in [0.25, 0.3) is 22.1 Å². The quantitative estimate of drug-likeness (QED) is 0.457. The van der Waals surface area contributed by atoms with Crippen LogP contribution in [0.15, 0.2) is 53.3 Å². The first-order valence-corrected chi connectivity index (χ1v) is 8.29. The summed E-state index contributed by atoms with van der Waals surface area (Å²) >= 11 is 3.70. The Morgan fingerprint density at radius 1 is 1.14 bits per heavy atom. The topological polar surface area (TPSA) is 34.4 Å². The van der Waals surface area contributed by atoms with Crippen LogP contribution in [0.1, 0.15) is 5.56 Å². The summed E-state index contributed by atoms with van der Waals surface area (Å²) in [7, 11) is 0. The highest BCUT2D eigenvalue weighted by molar-refractivity contribution is 14.1. The van der Waals surface area contributed by atoms with Gasteiger partial charge in [0.15, 0.2) is 4.96 Å². The number of hydrogen-bond acceptors (Lipinski definition) is 3. The molecule has 0 unspecified atom stereocenters. The van der Waals surface area contributed by atoms with Crippen LogP contribution in [0.4, 0.5) is 0 Å². The molecule has 4 rings (SSSR count). The maximum atomic E-state index is 12.6. The van der Waals surface area contributed by atoms with E-state index in [-0.39, 0.29) is 5.56 Å². The van der Waals surface area contributed by atoms with Gasteiger partial charge in [0.1, 0.15) is 0 Å². The fraction of sp³-hybridized carbons (Fsp3) is 0. The average Bonchev–Trinajstić information content (AvgIpc) is 2.97. The molecule has 3 nitrogen and oxygen atoms in total. The van der Waals surface area contributed by atoms with Crippen molar-refractivity contribution in [3.05, 3.63) is 72.6 Å². The molecule has 0 radical (unpaired) electrons. The van der Waals surface area contributed by atoms with Gasteiger partial charge in [0.25, 0.3) is 5.56 Å². The van der Waals surface area contributed by atoms with Gasteiger partial charge in [0.05, 0.1) is 15.6 Å². The van der Waals surface area contributed by atoms with E-state index in [1.807, 2.05) is 48.5 Å². The van der Waals surface area contributed by atoms with Crippen LogP contribution >= 0.6 is 33.9 Å². The molecule has 0 bridgehead atoms. The first kappa shape index (κ1) is 13.0. The number of rotatable bonds is 1. The number of para-hydroxylation sites is 2. The predicted octanol–water partition coefficient (Wildman–Crippen LogP) is 3.06. The molecule has 0 aliphatic carbocycles. The minimum Gasteiger partial charge on any atom is -0.267 e. The van der Waals surface area contributed by atoms with E-state index in [1.165, 1.54) is 11.3 Å². The zero-order valence-electron chi connectivity index (χ0n) is 10.8. The molecule has 102 valence electrons. The van der Waals surface area contributed by atoms with E-state index in [9.17, 15) is 4.79 Å². The Balaban J connectivity index is 2.03. The van der Waals surface area contributed by atoms with E-state index in [1.54, 1.807) is 4.40 Å². The minimum atomic E-state index is 0.00237. The first-order valence-electron chi connectivity index (χ1n) is 6.40. The summed E-state index contributed by atoms with van der Waals surface area (Å²) in [5.41, 5.74) is 2.77. The van der Waals surface area contributed by atoms with Gasteiger partial charge in [0.2, 0.25) is 0 Å². The predicted molar refractivity (Wildman–Crippen MR) is 94.8 cm³/mol. The van der Waals surface area contributed by atoms with E-state index in [0.717, 1.165) is 25.1 Å². The van der Waals surface area contributed by atoms with E-state index in [2.05, 4.69) is 33.6 Å². The van der Waals surface area contributed by atoms with Crippen LogP contribution in [0.5, 0.6) is 0 Å². The highest BCUT2D eigenvalue weighted by atomic mass is 127. The van der Waals surface area contributed by atoms with E-state index in [0.29, 0.717) is 4.53 Å². The second kappa shape index (κ2) is 4.92. The van der Waals surface area contributed by atoms with Crippen LogP contribution in [-0.2, 0) is 0 Å². The lowest BCUT2D eigenvalue weighted by atomic mass is 10.2. The maximum Gasteiger partial charge on any atom is 0.274 e. The summed E-state index contributed by atoms with van der Waals surface area (Å²) in [5.74, 6) is 0. The fourth-order valence-corrected chi connectivity index (χ4v) is 3.91. The third kappa shape index (κ3) is 2.16. The van der Waals surface area contributed by atoms with Gasteiger partial charge in [-0.2, -0.15) is 0 Å². The summed E-state index contributed by atoms with van der Waals surface area (Å²) < 4.78 is 3.56. The van der Waals surface area contributed by atoms with Gasteiger partial charge in [-0.3, -0.25) is 4.79 Å². The van der Waals surface area contributed by atoms with Gasteiger partial charge in [-0.25, -0.2) is 9.38 Å². The summed E-state index contributed by atoms with van der Waals surface area (Å²) in [6, 6.07) is 15.8. The smallest absolute Gasteiger partial charge is 0.267 e. The molecule has 5 heteroatoms. The molecule has 4 aromatic rings. The van der Waals surface area contributed by atoms with Crippen molar-refractivity contribution in [1.82, 2.24) is 9.38 Å². The standard InChI is InChI=1S/C16H9IN2OS/c17-11-5-3-4-10(8-11)9-14-15(20)19-13-7-2-1-6-12(13)18-16(19)21-14/h1-9H/b14-9-. The molecular formula is C16H9IN2OS. The maximum absolute atomic E-state index is 12.6. The van der Waals surface area contributed by atoms with Crippen molar-refractivity contribution < 1.29 is 0 Å². The van der Waals surface area contributed by atoms with Crippen molar-refractivity contribution in [1.29, 1.82) is 0 Å². The van der Waals surface area contributed by atoms with Crippen molar-refractivity contribution in [3.8, 4) is 0 Å². The highest BCUT2D eigenvalue weighted by Crippen LogP contribution is 2.15. The average molecular weight is 404 g/mol. The number of hydrogen-bond donors (Lipinski definition) is 0. The molecule has 0 saturated heterocycles. The minimum absolute atomic E-state index is 0.00237. The van der Waals surface area contributed by atoms with Gasteiger partial charge in [0, 0.05) is 3.57 Å². The van der Waals surface area contributed by atoms with Gasteiger partial charge in [-0.1, -0.05) is 35.6 Å². The lowest BCUT2D eigenvalue weighted by molar-refractivity contribution is 1.19. The Kier molecular flexibility index (Phi) is 3.04. The van der Waals surface area contributed by atoms with Crippen molar-refractivity contribution in [2.45, 2.75) is 0 Å². The van der Waals surface area contributed by atoms with Gasteiger partial charge in [-0.05, 0) is 58.5 Å². The molecule has 2 aromatic carbocycles. The van der Waals surface area contributed by atoms with Crippen LogP contribution in [0.3, 0.4) is 0 Å². The van der Waals surface area contributed by atoms with E-state index in [4.69, 9.17) is 0 Å². The Morgan fingerprint density at radius 3 is 2.86 bits per heavy atom. The third-order valence-electron chi connectivity index (χ3n) is 3.29. The monoisotopic (exact) mass is 404 g/mol. The van der Waals surface area contributed by atoms with Crippen LogP contribution in [0, 0.1) is 3.57 Å².